The number of nitrogens with zero attached hydrogens (tertiary/aromatic N) is 3. The quantitative estimate of drug-likeness (QED) is 0.725. The van der Waals surface area contributed by atoms with E-state index in [9.17, 15) is 9.18 Å². The average Bonchev–Trinajstić information content (AvgIpc) is 2.60. The van der Waals surface area contributed by atoms with Crippen molar-refractivity contribution in [3.05, 3.63) is 41.5 Å². The second-order valence-electron chi connectivity index (χ2n) is 3.47. The van der Waals surface area contributed by atoms with Gasteiger partial charge in [0.2, 0.25) is 0 Å². The summed E-state index contributed by atoms with van der Waals surface area (Å²) < 4.78 is 14.5. The Morgan fingerprint density at radius 3 is 2.75 bits per heavy atom. The Morgan fingerprint density at radius 2 is 2.19 bits per heavy atom. The predicted molar refractivity (Wildman–Crippen MR) is 56.1 cm³/mol. The molecule has 0 aliphatic rings. The molecule has 0 spiro atoms. The molecule has 0 fully saturated rings. The van der Waals surface area contributed by atoms with Gasteiger partial charge in [-0.2, -0.15) is 0 Å². The van der Waals surface area contributed by atoms with Crippen LogP contribution in [-0.2, 0) is 0 Å². The molecule has 0 unspecified atom stereocenters. The predicted octanol–water partition coefficient (Wildman–Crippen LogP) is 1.92. The molecule has 2 rings (SSSR count). The summed E-state index contributed by atoms with van der Waals surface area (Å²) in [5.74, 6) is -0.503. The number of carbonyl (C=O) groups excluding carboxylic acids is 1. The van der Waals surface area contributed by atoms with E-state index in [-0.39, 0.29) is 11.6 Å². The van der Waals surface area contributed by atoms with E-state index < -0.39 is 0 Å². The Hall–Kier alpha value is -2.04. The molecule has 0 radical (unpaired) electrons. The van der Waals surface area contributed by atoms with Crippen LogP contribution < -0.4 is 0 Å². The molecular formula is C11H10FN3O. The maximum atomic E-state index is 13.0. The third-order valence-corrected chi connectivity index (χ3v) is 2.28. The van der Waals surface area contributed by atoms with Crippen LogP contribution in [0.1, 0.15) is 23.1 Å². The number of Topliss-reactive ketones (excluding diaryl/α,β-unsaturated/α-hetero) is 1. The highest BCUT2D eigenvalue weighted by Crippen LogP contribution is 2.13. The lowest BCUT2D eigenvalue weighted by Crippen LogP contribution is -2.01. The van der Waals surface area contributed by atoms with Gasteiger partial charge < -0.3 is 0 Å². The van der Waals surface area contributed by atoms with Crippen LogP contribution in [0.5, 0.6) is 0 Å². The minimum absolute atomic E-state index is 0.153. The van der Waals surface area contributed by atoms with E-state index in [1.807, 2.05) is 0 Å². The molecule has 1 heterocycles. The largest absolute Gasteiger partial charge is 0.293 e. The molecule has 0 atom stereocenters. The van der Waals surface area contributed by atoms with Crippen molar-refractivity contribution in [1.29, 1.82) is 0 Å². The fourth-order valence-electron chi connectivity index (χ4n) is 1.51. The molecule has 0 saturated carbocycles. The second kappa shape index (κ2) is 3.84. The number of benzene rings is 1. The van der Waals surface area contributed by atoms with Crippen LogP contribution in [0, 0.1) is 12.7 Å². The first-order chi connectivity index (χ1) is 7.59. The van der Waals surface area contributed by atoms with Gasteiger partial charge in [0.25, 0.3) is 0 Å². The molecule has 0 amide bonds. The highest BCUT2D eigenvalue weighted by molar-refractivity contribution is 5.93. The van der Waals surface area contributed by atoms with Gasteiger partial charge in [0.1, 0.15) is 5.82 Å². The van der Waals surface area contributed by atoms with Gasteiger partial charge >= 0.3 is 0 Å². The molecular weight excluding hydrogens is 209 g/mol. The number of ketones is 1. The topological polar surface area (TPSA) is 47.8 Å². The van der Waals surface area contributed by atoms with Crippen LogP contribution in [0.15, 0.2) is 24.3 Å². The maximum Gasteiger partial charge on any atom is 0.181 e. The lowest BCUT2D eigenvalue weighted by molar-refractivity contribution is 0.101. The van der Waals surface area contributed by atoms with Gasteiger partial charge in [0.05, 0.1) is 11.4 Å². The summed E-state index contributed by atoms with van der Waals surface area (Å²) in [5.41, 5.74) is 1.47. The summed E-state index contributed by atoms with van der Waals surface area (Å²) >= 11 is 0. The molecule has 2 aromatic rings. The number of rotatable bonds is 2. The summed E-state index contributed by atoms with van der Waals surface area (Å²) in [5, 5.41) is 7.59. The molecule has 0 N–H and O–H groups in total. The molecule has 1 aromatic carbocycles. The minimum atomic E-state index is -0.350. The van der Waals surface area contributed by atoms with E-state index >= 15 is 0 Å². The summed E-state index contributed by atoms with van der Waals surface area (Å²) in [6.45, 7) is 3.15. The van der Waals surface area contributed by atoms with Crippen LogP contribution in [0.25, 0.3) is 5.69 Å². The number of halogens is 1. The monoisotopic (exact) mass is 219 g/mol. The van der Waals surface area contributed by atoms with Gasteiger partial charge in [-0.25, -0.2) is 9.07 Å². The number of hydrogen-bond acceptors (Lipinski definition) is 3. The lowest BCUT2D eigenvalue weighted by atomic mass is 10.2. The van der Waals surface area contributed by atoms with Crippen molar-refractivity contribution in [1.82, 2.24) is 15.0 Å². The van der Waals surface area contributed by atoms with Crippen molar-refractivity contribution in [2.24, 2.45) is 0 Å². The molecule has 4 nitrogen and oxygen atoms in total. The first-order valence-corrected chi connectivity index (χ1v) is 4.79. The van der Waals surface area contributed by atoms with Crippen molar-refractivity contribution < 1.29 is 9.18 Å². The van der Waals surface area contributed by atoms with Gasteiger partial charge in [-0.15, -0.1) is 5.10 Å². The standard InChI is InChI=1S/C11H10FN3O/c1-7-11(8(2)16)13-14-15(7)10-5-3-4-9(12)6-10/h3-6H,1-2H3. The maximum absolute atomic E-state index is 13.0. The normalized spacial score (nSPS) is 10.4. The zero-order valence-electron chi connectivity index (χ0n) is 8.94. The van der Waals surface area contributed by atoms with E-state index in [0.717, 1.165) is 0 Å². The van der Waals surface area contributed by atoms with Crippen molar-refractivity contribution >= 4 is 5.78 Å². The Bertz CT molecular complexity index is 548. The van der Waals surface area contributed by atoms with Crippen molar-refractivity contribution in [2.45, 2.75) is 13.8 Å². The second-order valence-corrected chi connectivity index (χ2v) is 3.47. The lowest BCUT2D eigenvalue weighted by Gasteiger charge is -2.02. The first-order valence-electron chi connectivity index (χ1n) is 4.79. The zero-order valence-corrected chi connectivity index (χ0v) is 8.94. The summed E-state index contributed by atoms with van der Waals surface area (Å²) in [6, 6.07) is 5.97. The number of carbonyl (C=O) groups is 1. The Labute approximate surface area is 91.7 Å². The Morgan fingerprint density at radius 1 is 1.44 bits per heavy atom. The number of aromatic nitrogens is 3. The first kappa shape index (κ1) is 10.5. The van der Waals surface area contributed by atoms with Crippen LogP contribution in [0.3, 0.4) is 0 Å². The van der Waals surface area contributed by atoms with Crippen LogP contribution in [0.4, 0.5) is 4.39 Å². The molecule has 0 aliphatic heterocycles. The molecule has 0 bridgehead atoms. The third-order valence-electron chi connectivity index (χ3n) is 2.28. The smallest absolute Gasteiger partial charge is 0.181 e. The van der Waals surface area contributed by atoms with E-state index in [4.69, 9.17) is 0 Å². The molecule has 0 saturated heterocycles. The highest BCUT2D eigenvalue weighted by Gasteiger charge is 2.13. The molecule has 0 aliphatic carbocycles. The fourth-order valence-corrected chi connectivity index (χ4v) is 1.51. The van der Waals surface area contributed by atoms with Gasteiger partial charge in [-0.05, 0) is 25.1 Å². The molecule has 16 heavy (non-hydrogen) atoms. The summed E-state index contributed by atoms with van der Waals surface area (Å²) in [7, 11) is 0. The Kier molecular flexibility index (Phi) is 2.52. The van der Waals surface area contributed by atoms with E-state index in [0.29, 0.717) is 17.1 Å². The van der Waals surface area contributed by atoms with Gasteiger partial charge in [-0.1, -0.05) is 11.3 Å². The van der Waals surface area contributed by atoms with Gasteiger partial charge in [-0.3, -0.25) is 4.79 Å². The van der Waals surface area contributed by atoms with Gasteiger partial charge in [0, 0.05) is 6.92 Å². The third kappa shape index (κ3) is 1.71. The highest BCUT2D eigenvalue weighted by atomic mass is 19.1. The van der Waals surface area contributed by atoms with E-state index in [1.54, 1.807) is 19.1 Å². The summed E-state index contributed by atoms with van der Waals surface area (Å²) in [4.78, 5) is 11.2. The molecule has 5 heteroatoms. The van der Waals surface area contributed by atoms with E-state index in [1.165, 1.54) is 23.7 Å². The van der Waals surface area contributed by atoms with Crippen LogP contribution in [0.2, 0.25) is 0 Å². The number of hydrogen-bond donors (Lipinski definition) is 0. The minimum Gasteiger partial charge on any atom is -0.293 e. The average molecular weight is 219 g/mol. The van der Waals surface area contributed by atoms with Gasteiger partial charge in [0.15, 0.2) is 11.5 Å². The fraction of sp³-hybridized carbons (Fsp3) is 0.182. The zero-order chi connectivity index (χ0) is 11.7. The van der Waals surface area contributed by atoms with E-state index in [2.05, 4.69) is 10.3 Å². The van der Waals surface area contributed by atoms with Crippen LogP contribution in [-0.4, -0.2) is 20.8 Å². The van der Waals surface area contributed by atoms with Crippen molar-refractivity contribution in [2.75, 3.05) is 0 Å². The van der Waals surface area contributed by atoms with Crippen molar-refractivity contribution in [3.63, 3.8) is 0 Å². The molecule has 82 valence electrons. The summed E-state index contributed by atoms with van der Waals surface area (Å²) in [6.07, 6.45) is 0. The van der Waals surface area contributed by atoms with Crippen LogP contribution >= 0.6 is 0 Å². The Balaban J connectivity index is 2.53. The molecule has 1 aromatic heterocycles. The SMILES string of the molecule is CC(=O)c1nnn(-c2cccc(F)c2)c1C. The van der Waals surface area contributed by atoms with Crippen molar-refractivity contribution in [3.8, 4) is 5.69 Å².